The van der Waals surface area contributed by atoms with Crippen LogP contribution in [0.15, 0.2) is 48.5 Å². The zero-order valence-electron chi connectivity index (χ0n) is 15.3. The predicted molar refractivity (Wildman–Crippen MR) is 101 cm³/mol. The lowest BCUT2D eigenvalue weighted by molar-refractivity contribution is -0.136. The first-order chi connectivity index (χ1) is 12.6. The van der Waals surface area contributed by atoms with Gasteiger partial charge in [0, 0.05) is 25.2 Å². The summed E-state index contributed by atoms with van der Waals surface area (Å²) in [6.45, 7) is 3.25. The van der Waals surface area contributed by atoms with Crippen molar-refractivity contribution in [3.63, 3.8) is 0 Å². The number of hydrogen-bond acceptors (Lipinski definition) is 3. The molecule has 5 nitrogen and oxygen atoms in total. The Morgan fingerprint density at radius 3 is 2.46 bits per heavy atom. The van der Waals surface area contributed by atoms with Crippen molar-refractivity contribution in [1.29, 1.82) is 0 Å². The van der Waals surface area contributed by atoms with Crippen molar-refractivity contribution >= 4 is 17.5 Å². The molecule has 0 saturated carbocycles. The molecule has 2 aromatic carbocycles. The molecule has 1 aliphatic rings. The third-order valence-corrected chi connectivity index (χ3v) is 4.77. The normalized spacial score (nSPS) is 14.5. The molecule has 5 heteroatoms. The van der Waals surface area contributed by atoms with E-state index in [0.29, 0.717) is 25.9 Å². The van der Waals surface area contributed by atoms with E-state index in [4.69, 9.17) is 4.74 Å². The van der Waals surface area contributed by atoms with E-state index in [9.17, 15) is 9.59 Å². The van der Waals surface area contributed by atoms with Gasteiger partial charge in [0.25, 0.3) is 0 Å². The number of rotatable bonds is 5. The molecule has 0 bridgehead atoms. The maximum Gasteiger partial charge on any atom is 0.246 e. The van der Waals surface area contributed by atoms with Crippen LogP contribution < -0.4 is 9.64 Å². The number of aryl methyl sites for hydroxylation is 2. The van der Waals surface area contributed by atoms with E-state index in [1.165, 1.54) is 0 Å². The van der Waals surface area contributed by atoms with Gasteiger partial charge < -0.3 is 14.5 Å². The second-order valence-corrected chi connectivity index (χ2v) is 6.50. The van der Waals surface area contributed by atoms with E-state index in [2.05, 4.69) is 0 Å². The lowest BCUT2D eigenvalue weighted by Gasteiger charge is -2.35. The third kappa shape index (κ3) is 4.04. The average Bonchev–Trinajstić information content (AvgIpc) is 2.67. The standard InChI is InChI=1S/C21H24N2O3/c1-16-5-3-4-6-19(16)23-14-13-22(15-21(23)25)20(24)12-9-17-7-10-18(26-2)11-8-17/h3-8,10-11H,9,12-15H2,1-2H3. The van der Waals surface area contributed by atoms with Crippen LogP contribution in [-0.4, -0.2) is 43.5 Å². The molecule has 0 radical (unpaired) electrons. The number of para-hydroxylation sites is 1. The number of hydrogen-bond donors (Lipinski definition) is 0. The van der Waals surface area contributed by atoms with Crippen LogP contribution in [0.4, 0.5) is 5.69 Å². The molecular weight excluding hydrogens is 328 g/mol. The van der Waals surface area contributed by atoms with Crippen LogP contribution in [0.1, 0.15) is 17.5 Å². The molecule has 0 spiro atoms. The molecule has 1 aliphatic heterocycles. The van der Waals surface area contributed by atoms with E-state index in [-0.39, 0.29) is 18.4 Å². The highest BCUT2D eigenvalue weighted by atomic mass is 16.5. The lowest BCUT2D eigenvalue weighted by atomic mass is 10.1. The first kappa shape index (κ1) is 18.0. The van der Waals surface area contributed by atoms with Crippen LogP contribution in [0.3, 0.4) is 0 Å². The smallest absolute Gasteiger partial charge is 0.246 e. The second-order valence-electron chi connectivity index (χ2n) is 6.50. The molecule has 1 fully saturated rings. The van der Waals surface area contributed by atoms with Crippen LogP contribution in [0.2, 0.25) is 0 Å². The van der Waals surface area contributed by atoms with E-state index in [1.807, 2.05) is 55.5 Å². The Hall–Kier alpha value is -2.82. The summed E-state index contributed by atoms with van der Waals surface area (Å²) in [6.07, 6.45) is 1.07. The lowest BCUT2D eigenvalue weighted by Crippen LogP contribution is -2.52. The maximum absolute atomic E-state index is 12.5. The molecule has 0 atom stereocenters. The first-order valence-electron chi connectivity index (χ1n) is 8.85. The van der Waals surface area contributed by atoms with Crippen LogP contribution in [0.5, 0.6) is 5.75 Å². The van der Waals surface area contributed by atoms with Gasteiger partial charge in [-0.25, -0.2) is 0 Å². The quantitative estimate of drug-likeness (QED) is 0.831. The molecule has 0 unspecified atom stereocenters. The topological polar surface area (TPSA) is 49.9 Å². The second kappa shape index (κ2) is 8.04. The summed E-state index contributed by atoms with van der Waals surface area (Å²) in [5.41, 5.74) is 3.09. The van der Waals surface area contributed by atoms with Gasteiger partial charge in [-0.1, -0.05) is 30.3 Å². The van der Waals surface area contributed by atoms with E-state index in [1.54, 1.807) is 16.9 Å². The highest BCUT2D eigenvalue weighted by Gasteiger charge is 2.28. The van der Waals surface area contributed by atoms with E-state index >= 15 is 0 Å². The Labute approximate surface area is 154 Å². The molecule has 2 aromatic rings. The van der Waals surface area contributed by atoms with E-state index < -0.39 is 0 Å². The number of nitrogens with zero attached hydrogens (tertiary/aromatic N) is 2. The molecule has 26 heavy (non-hydrogen) atoms. The molecule has 3 rings (SSSR count). The van der Waals surface area contributed by atoms with Crippen molar-refractivity contribution in [3.05, 3.63) is 59.7 Å². The summed E-state index contributed by atoms with van der Waals surface area (Å²) in [5, 5.41) is 0. The number of carbonyl (C=O) groups is 2. The molecule has 136 valence electrons. The van der Waals surface area contributed by atoms with Gasteiger partial charge in [-0.3, -0.25) is 9.59 Å². The fourth-order valence-corrected chi connectivity index (χ4v) is 3.21. The Morgan fingerprint density at radius 1 is 1.08 bits per heavy atom. The van der Waals surface area contributed by atoms with Crippen LogP contribution in [0.25, 0.3) is 0 Å². The van der Waals surface area contributed by atoms with Crippen LogP contribution in [0, 0.1) is 6.92 Å². The number of piperazine rings is 1. The predicted octanol–water partition coefficient (Wildman–Crippen LogP) is 2.81. The summed E-state index contributed by atoms with van der Waals surface area (Å²) in [6, 6.07) is 15.6. The zero-order valence-corrected chi connectivity index (χ0v) is 15.3. The minimum absolute atomic E-state index is 0.0247. The van der Waals surface area contributed by atoms with E-state index in [0.717, 1.165) is 22.6 Å². The number of amides is 2. The van der Waals surface area contributed by atoms with Crippen molar-refractivity contribution < 1.29 is 14.3 Å². The number of carbonyl (C=O) groups excluding carboxylic acids is 2. The highest BCUT2D eigenvalue weighted by Crippen LogP contribution is 2.22. The van der Waals surface area contributed by atoms with Crippen LogP contribution in [-0.2, 0) is 16.0 Å². The minimum Gasteiger partial charge on any atom is -0.497 e. The number of anilines is 1. The van der Waals surface area contributed by atoms with Gasteiger partial charge in [-0.2, -0.15) is 0 Å². The van der Waals surface area contributed by atoms with Crippen molar-refractivity contribution in [2.45, 2.75) is 19.8 Å². The van der Waals surface area contributed by atoms with Gasteiger partial charge in [-0.15, -0.1) is 0 Å². The minimum atomic E-state index is -0.0247. The largest absolute Gasteiger partial charge is 0.497 e. The molecule has 1 heterocycles. The molecule has 1 saturated heterocycles. The average molecular weight is 352 g/mol. The molecular formula is C21H24N2O3. The summed E-state index contributed by atoms with van der Waals surface area (Å²) in [4.78, 5) is 28.5. The van der Waals surface area contributed by atoms with Gasteiger partial charge in [-0.05, 0) is 42.7 Å². The summed E-state index contributed by atoms with van der Waals surface area (Å²) in [7, 11) is 1.63. The summed E-state index contributed by atoms with van der Waals surface area (Å²) >= 11 is 0. The number of ether oxygens (including phenoxy) is 1. The maximum atomic E-state index is 12.5. The third-order valence-electron chi connectivity index (χ3n) is 4.77. The Bertz CT molecular complexity index is 786. The van der Waals surface area contributed by atoms with Crippen molar-refractivity contribution in [2.24, 2.45) is 0 Å². The fourth-order valence-electron chi connectivity index (χ4n) is 3.21. The summed E-state index contributed by atoms with van der Waals surface area (Å²) < 4.78 is 5.14. The van der Waals surface area contributed by atoms with Gasteiger partial charge in [0.15, 0.2) is 0 Å². The van der Waals surface area contributed by atoms with Gasteiger partial charge >= 0.3 is 0 Å². The monoisotopic (exact) mass is 352 g/mol. The van der Waals surface area contributed by atoms with Gasteiger partial charge in [0.05, 0.1) is 7.11 Å². The van der Waals surface area contributed by atoms with Gasteiger partial charge in [0.2, 0.25) is 11.8 Å². The molecule has 0 aromatic heterocycles. The Kier molecular flexibility index (Phi) is 5.56. The van der Waals surface area contributed by atoms with Crippen molar-refractivity contribution in [2.75, 3.05) is 31.6 Å². The molecule has 0 aliphatic carbocycles. The van der Waals surface area contributed by atoms with Crippen molar-refractivity contribution in [1.82, 2.24) is 4.90 Å². The highest BCUT2D eigenvalue weighted by molar-refractivity contribution is 5.98. The number of methoxy groups -OCH3 is 1. The molecule has 0 N–H and O–H groups in total. The Balaban J connectivity index is 1.55. The fraction of sp³-hybridized carbons (Fsp3) is 0.333. The SMILES string of the molecule is COc1ccc(CCC(=O)N2CCN(c3ccccc3C)C(=O)C2)cc1. The van der Waals surface area contributed by atoms with Crippen LogP contribution >= 0.6 is 0 Å². The zero-order chi connectivity index (χ0) is 18.5. The van der Waals surface area contributed by atoms with Gasteiger partial charge in [0.1, 0.15) is 12.3 Å². The first-order valence-corrected chi connectivity index (χ1v) is 8.85. The molecule has 2 amide bonds. The Morgan fingerprint density at radius 2 is 1.81 bits per heavy atom. The number of benzene rings is 2. The summed E-state index contributed by atoms with van der Waals surface area (Å²) in [5.74, 6) is 0.806. The van der Waals surface area contributed by atoms with Crippen molar-refractivity contribution in [3.8, 4) is 5.75 Å².